The van der Waals surface area contributed by atoms with Crippen LogP contribution < -0.4 is 14.2 Å². The number of unbranched alkanes of at least 4 members (excludes halogenated alkanes) is 1. The number of rotatable bonds is 8. The molecule has 0 saturated carbocycles. The molecule has 0 spiro atoms. The molecule has 1 rings (SSSR count). The monoisotopic (exact) mass is 327 g/mol. The van der Waals surface area contributed by atoms with Gasteiger partial charge in [-0.15, -0.1) is 25.2 Å². The van der Waals surface area contributed by atoms with Gasteiger partial charge in [0.05, 0.1) is 5.75 Å². The lowest BCUT2D eigenvalue weighted by Gasteiger charge is -2.12. The Morgan fingerprint density at radius 3 is 2.72 bits per heavy atom. The van der Waals surface area contributed by atoms with Crippen molar-refractivity contribution in [3.63, 3.8) is 0 Å². The van der Waals surface area contributed by atoms with Gasteiger partial charge in [0, 0.05) is 13.7 Å². The molecule has 2 N–H and O–H groups in total. The molecule has 0 aliphatic rings. The molecule has 3 nitrogen and oxygen atoms in total. The van der Waals surface area contributed by atoms with Crippen LogP contribution in [-0.2, 0) is 11.3 Å². The highest BCUT2D eigenvalue weighted by Crippen LogP contribution is 2.10. The zero-order valence-corrected chi connectivity index (χ0v) is 14.4. The van der Waals surface area contributed by atoms with E-state index in [0.29, 0.717) is 13.3 Å². The fourth-order valence-electron chi connectivity index (χ4n) is 1.78. The molecule has 100 valence electrons. The van der Waals surface area contributed by atoms with E-state index in [-0.39, 0.29) is 37.3 Å². The zero-order chi connectivity index (χ0) is 12.5. The van der Waals surface area contributed by atoms with E-state index in [2.05, 4.69) is 13.0 Å². The van der Waals surface area contributed by atoms with Crippen LogP contribution in [0.1, 0.15) is 25.3 Å². The molecule has 18 heavy (non-hydrogen) atoms. The number of nitrogens with two attached hydrogens (primary N) is 1. The van der Waals surface area contributed by atoms with Crippen LogP contribution in [0.15, 0.2) is 18.2 Å². The second-order valence-corrected chi connectivity index (χ2v) is 6.12. The molecule has 1 aromatic carbocycles. The molecule has 1 aromatic rings. The van der Waals surface area contributed by atoms with Crippen molar-refractivity contribution >= 4 is 41.0 Å². The minimum atomic E-state index is -0.246. The predicted octanol–water partition coefficient (Wildman–Crippen LogP) is 2.25. The van der Waals surface area contributed by atoms with E-state index < -0.39 is 0 Å². The summed E-state index contributed by atoms with van der Waals surface area (Å²) in [4.78, 5) is 0. The molecule has 0 aromatic heterocycles. The largest absolute Gasteiger partial charge is 0.470 e. The Bertz CT molecular complexity index is 337. The minimum Gasteiger partial charge on any atom is -0.470 e. The van der Waals surface area contributed by atoms with E-state index in [9.17, 15) is 0 Å². The number of methoxy groups -OCH3 is 1. The number of hydrogen-bond donors (Lipinski definition) is 1. The average Bonchev–Trinajstić information content (AvgIpc) is 2.37. The van der Waals surface area contributed by atoms with E-state index >= 15 is 0 Å². The van der Waals surface area contributed by atoms with E-state index in [1.807, 2.05) is 12.1 Å². The molecule has 0 aliphatic carbocycles. The molecule has 5 heteroatoms. The molecule has 0 unspecified atom stereocenters. The molecular weight excluding hydrogens is 306 g/mol. The van der Waals surface area contributed by atoms with Crippen LogP contribution in [0, 0.1) is 0 Å². The van der Waals surface area contributed by atoms with Crippen molar-refractivity contribution in [3.05, 3.63) is 23.8 Å². The van der Waals surface area contributed by atoms with Gasteiger partial charge in [0.25, 0.3) is 0 Å². The lowest BCUT2D eigenvalue weighted by Crippen LogP contribution is -2.19. The van der Waals surface area contributed by atoms with E-state index in [1.165, 1.54) is 26.6 Å². The van der Waals surface area contributed by atoms with Crippen molar-refractivity contribution in [1.82, 2.24) is 0 Å². The number of ether oxygens (including phenoxy) is 2. The smallest absolute Gasteiger partial charge is 0.414 e. The van der Waals surface area contributed by atoms with E-state index in [0.717, 1.165) is 5.75 Å². The number of hydrogen-bond acceptors (Lipinski definition) is 3. The van der Waals surface area contributed by atoms with Crippen molar-refractivity contribution in [2.75, 3.05) is 13.9 Å². The van der Waals surface area contributed by atoms with E-state index in [4.69, 9.17) is 15.2 Å². The van der Waals surface area contributed by atoms with Gasteiger partial charge in [-0.2, -0.15) is 0 Å². The maximum Gasteiger partial charge on any atom is 0.414 e. The van der Waals surface area contributed by atoms with E-state index in [1.54, 1.807) is 7.11 Å². The van der Waals surface area contributed by atoms with Gasteiger partial charge in [-0.3, -0.25) is 0 Å². The van der Waals surface area contributed by atoms with Crippen LogP contribution in [0.4, 0.5) is 0 Å². The molecule has 0 bridgehead atoms. The van der Waals surface area contributed by atoms with Gasteiger partial charge in [-0.1, -0.05) is 31.9 Å². The molecule has 0 radical (unpaired) electrons. The SMILES string of the molecule is Br.CCC[CH2][Mg][c]1cc(CN)ccc1OCOC. The van der Waals surface area contributed by atoms with Crippen molar-refractivity contribution in [1.29, 1.82) is 0 Å². The first kappa shape index (κ1) is 18.2. The van der Waals surface area contributed by atoms with Crippen LogP contribution in [0.5, 0.6) is 5.75 Å². The van der Waals surface area contributed by atoms with Gasteiger partial charge in [-0.25, -0.2) is 0 Å². The molecule has 0 aliphatic heterocycles. The Morgan fingerprint density at radius 1 is 1.33 bits per heavy atom. The summed E-state index contributed by atoms with van der Waals surface area (Å²) < 4.78 is 13.2. The Morgan fingerprint density at radius 2 is 2.11 bits per heavy atom. The molecule has 0 heterocycles. The van der Waals surface area contributed by atoms with Gasteiger partial charge in [0.2, 0.25) is 0 Å². The zero-order valence-electron chi connectivity index (χ0n) is 11.3. The molecule has 0 atom stereocenters. The first-order chi connectivity index (χ1) is 8.31. The number of halogens is 1. The van der Waals surface area contributed by atoms with Gasteiger partial charge in [0.15, 0.2) is 6.79 Å². The Hall–Kier alpha value is 0.186. The van der Waals surface area contributed by atoms with Gasteiger partial charge < -0.3 is 15.2 Å². The fraction of sp³-hybridized carbons (Fsp3) is 0.538. The Labute approximate surface area is 130 Å². The normalized spacial score (nSPS) is 9.50. The Kier molecular flexibility index (Phi) is 11.2. The summed E-state index contributed by atoms with van der Waals surface area (Å²) in [6.07, 6.45) is 2.57. The summed E-state index contributed by atoms with van der Waals surface area (Å²) in [5, 5.41) is 0. The highest BCUT2D eigenvalue weighted by molar-refractivity contribution is 8.93. The molecular formula is C13H22BrMgNO2. The lowest BCUT2D eigenvalue weighted by atomic mass is 10.2. The molecule has 0 fully saturated rings. The fourth-order valence-corrected chi connectivity index (χ4v) is 3.79. The standard InChI is InChI=1S/C9H12NO2.C4H9.BrH.Mg/c1-11-7-12-9-4-2-8(6-10)3-5-9;1-3-4-2;;/h2-4H,6-7,10H2,1H3;1,3-4H2,2H3;1H;. The second-order valence-electron chi connectivity index (χ2n) is 4.15. The summed E-state index contributed by atoms with van der Waals surface area (Å²) in [6.45, 7) is 3.14. The number of benzene rings is 1. The molecule has 0 saturated heterocycles. The van der Waals surface area contributed by atoms with Crippen LogP contribution in [0.3, 0.4) is 0 Å². The molecule has 0 amide bonds. The third-order valence-electron chi connectivity index (χ3n) is 2.74. The predicted molar refractivity (Wildman–Crippen MR) is 82.3 cm³/mol. The second kappa shape index (κ2) is 11.0. The minimum absolute atomic E-state index is 0. The maximum absolute atomic E-state index is 5.67. The maximum atomic E-state index is 5.67. The average molecular weight is 329 g/mol. The topological polar surface area (TPSA) is 44.5 Å². The third-order valence-corrected chi connectivity index (χ3v) is 4.69. The van der Waals surface area contributed by atoms with Crippen LogP contribution >= 0.6 is 17.0 Å². The third kappa shape index (κ3) is 6.38. The van der Waals surface area contributed by atoms with Crippen LogP contribution in [-0.4, -0.2) is 34.3 Å². The Balaban J connectivity index is 0.00000289. The summed E-state index contributed by atoms with van der Waals surface area (Å²) >= 11 is -0.246. The van der Waals surface area contributed by atoms with Crippen LogP contribution in [0.25, 0.3) is 0 Å². The van der Waals surface area contributed by atoms with Gasteiger partial charge in [0.1, 0.15) is 0 Å². The quantitative estimate of drug-likeness (QED) is 0.452. The summed E-state index contributed by atoms with van der Waals surface area (Å²) in [6, 6.07) is 6.26. The van der Waals surface area contributed by atoms with Crippen LogP contribution in [0.2, 0.25) is 4.55 Å². The first-order valence-corrected chi connectivity index (χ1v) is 7.96. The van der Waals surface area contributed by atoms with Crippen molar-refractivity contribution in [3.8, 4) is 5.75 Å². The highest BCUT2D eigenvalue weighted by atomic mass is 79.9. The summed E-state index contributed by atoms with van der Waals surface area (Å²) in [5.74, 6) is 0.979. The van der Waals surface area contributed by atoms with Gasteiger partial charge >= 0.3 is 20.4 Å². The first-order valence-electron chi connectivity index (χ1n) is 6.25. The van der Waals surface area contributed by atoms with Crippen molar-refractivity contribution < 1.29 is 9.47 Å². The van der Waals surface area contributed by atoms with Crippen molar-refractivity contribution in [2.45, 2.75) is 30.9 Å². The highest BCUT2D eigenvalue weighted by Gasteiger charge is 2.07. The van der Waals surface area contributed by atoms with Gasteiger partial charge in [-0.05, 0) is 11.6 Å². The summed E-state index contributed by atoms with van der Waals surface area (Å²) in [5.41, 5.74) is 6.86. The summed E-state index contributed by atoms with van der Waals surface area (Å²) in [7, 11) is 1.64. The van der Waals surface area contributed by atoms with Crippen molar-refractivity contribution in [2.24, 2.45) is 5.73 Å². The lowest BCUT2D eigenvalue weighted by molar-refractivity contribution is 0.0518.